The Bertz CT molecular complexity index is 1550. The van der Waals surface area contributed by atoms with Crippen molar-refractivity contribution in [1.82, 2.24) is 24.3 Å². The highest BCUT2D eigenvalue weighted by molar-refractivity contribution is 6.36. The number of aryl methyl sites for hydroxylation is 1. The molecule has 2 amide bonds. The fraction of sp³-hybridized carbons (Fsp3) is 0.529. The van der Waals surface area contributed by atoms with Gasteiger partial charge in [0.1, 0.15) is 16.9 Å². The lowest BCUT2D eigenvalue weighted by atomic mass is 9.68. The molecule has 9 nitrogen and oxygen atoms in total. The zero-order valence-corrected chi connectivity index (χ0v) is 27.5. The van der Waals surface area contributed by atoms with E-state index in [9.17, 15) is 9.59 Å². The summed E-state index contributed by atoms with van der Waals surface area (Å²) in [4.78, 5) is 39.4. The molecule has 1 aliphatic carbocycles. The van der Waals surface area contributed by atoms with Gasteiger partial charge in [0.2, 0.25) is 11.9 Å². The number of carbonyl (C=O) groups excluding carboxylic acids is 2. The lowest BCUT2D eigenvalue weighted by molar-refractivity contribution is -0.126. The van der Waals surface area contributed by atoms with Crippen LogP contribution in [0.5, 0.6) is 5.75 Å². The van der Waals surface area contributed by atoms with Crippen LogP contribution in [0.1, 0.15) is 75.0 Å². The summed E-state index contributed by atoms with van der Waals surface area (Å²) in [5, 5.41) is 3.50. The molecule has 5 rings (SSSR count). The number of imidazole rings is 1. The molecule has 1 saturated heterocycles. The molecule has 2 aliphatic rings. The predicted molar refractivity (Wildman–Crippen MR) is 175 cm³/mol. The summed E-state index contributed by atoms with van der Waals surface area (Å²) in [6, 6.07) is 7.51. The van der Waals surface area contributed by atoms with Gasteiger partial charge in [0.15, 0.2) is 0 Å². The normalized spacial score (nSPS) is 23.8. The molecule has 1 aliphatic heterocycles. The number of aromatic nitrogens is 3. The second-order valence-electron chi connectivity index (χ2n) is 13.4. The van der Waals surface area contributed by atoms with Gasteiger partial charge in [0.25, 0.3) is 5.91 Å². The number of amides is 2. The van der Waals surface area contributed by atoms with Crippen LogP contribution in [0.4, 0.5) is 5.95 Å². The number of pyridine rings is 1. The van der Waals surface area contributed by atoms with E-state index in [0.29, 0.717) is 58.4 Å². The molecular formula is C34H45ClN6O3. The first kappa shape index (κ1) is 32.0. The van der Waals surface area contributed by atoms with E-state index < -0.39 is 0 Å². The third-order valence-electron chi connectivity index (χ3n) is 9.40. The lowest BCUT2D eigenvalue weighted by Gasteiger charge is -2.48. The fourth-order valence-electron chi connectivity index (χ4n) is 7.09. The van der Waals surface area contributed by atoms with Crippen LogP contribution in [0.25, 0.3) is 11.0 Å². The van der Waals surface area contributed by atoms with Gasteiger partial charge in [-0.3, -0.25) is 19.9 Å². The predicted octanol–water partition coefficient (Wildman–Crippen LogP) is 6.52. The number of hydrogen-bond acceptors (Lipinski definition) is 6. The van der Waals surface area contributed by atoms with Crippen LogP contribution in [-0.4, -0.2) is 75.5 Å². The Hall–Kier alpha value is -3.43. The maximum atomic E-state index is 13.4. The van der Waals surface area contributed by atoms with Crippen molar-refractivity contribution in [1.29, 1.82) is 0 Å². The zero-order chi connectivity index (χ0) is 31.8. The molecule has 3 heterocycles. The van der Waals surface area contributed by atoms with Crippen LogP contribution in [0, 0.1) is 18.3 Å². The van der Waals surface area contributed by atoms with E-state index in [-0.39, 0.29) is 29.4 Å². The molecule has 1 N–H and O–H groups in total. The minimum Gasteiger partial charge on any atom is -0.488 e. The van der Waals surface area contributed by atoms with Gasteiger partial charge >= 0.3 is 0 Å². The highest BCUT2D eigenvalue weighted by Gasteiger charge is 2.42. The van der Waals surface area contributed by atoms with E-state index in [0.717, 1.165) is 37.8 Å². The fourth-order valence-corrected chi connectivity index (χ4v) is 7.39. The molecule has 236 valence electrons. The van der Waals surface area contributed by atoms with Gasteiger partial charge in [0.05, 0.1) is 17.1 Å². The van der Waals surface area contributed by atoms with Gasteiger partial charge in [-0.25, -0.2) is 4.98 Å². The number of anilines is 1. The Kier molecular flexibility index (Phi) is 9.37. The summed E-state index contributed by atoms with van der Waals surface area (Å²) in [5.41, 5.74) is 2.65. The Labute approximate surface area is 265 Å². The number of halogens is 1. The topological polar surface area (TPSA) is 92.6 Å². The number of carbonyl (C=O) groups is 2. The molecule has 10 heteroatoms. The third kappa shape index (κ3) is 6.49. The zero-order valence-electron chi connectivity index (χ0n) is 26.8. The highest BCUT2D eigenvalue weighted by Crippen LogP contribution is 2.44. The Balaban J connectivity index is 1.55. The third-order valence-corrected chi connectivity index (χ3v) is 9.76. The van der Waals surface area contributed by atoms with Crippen LogP contribution >= 0.6 is 11.6 Å². The molecular weight excluding hydrogens is 576 g/mol. The van der Waals surface area contributed by atoms with E-state index in [4.69, 9.17) is 21.3 Å². The second kappa shape index (κ2) is 12.9. The molecule has 0 spiro atoms. The van der Waals surface area contributed by atoms with E-state index >= 15 is 0 Å². The van der Waals surface area contributed by atoms with Crippen LogP contribution in [0.2, 0.25) is 5.02 Å². The average molecular weight is 621 g/mol. The molecule has 1 aromatic carbocycles. The molecule has 0 bridgehead atoms. The van der Waals surface area contributed by atoms with Crippen molar-refractivity contribution in [2.45, 2.75) is 78.0 Å². The Morgan fingerprint density at radius 2 is 2.00 bits per heavy atom. The van der Waals surface area contributed by atoms with Gasteiger partial charge in [-0.1, -0.05) is 39.0 Å². The minimum absolute atomic E-state index is 0.000194. The molecule has 4 atom stereocenters. The summed E-state index contributed by atoms with van der Waals surface area (Å²) in [6.07, 6.45) is 7.50. The molecule has 2 fully saturated rings. The van der Waals surface area contributed by atoms with Gasteiger partial charge in [0, 0.05) is 36.6 Å². The number of hydrogen-bond donors (Lipinski definition) is 1. The van der Waals surface area contributed by atoms with Crippen molar-refractivity contribution >= 4 is 40.4 Å². The number of rotatable bonds is 7. The summed E-state index contributed by atoms with van der Waals surface area (Å²) >= 11 is 7.23. The highest BCUT2D eigenvalue weighted by atomic mass is 35.5. The van der Waals surface area contributed by atoms with Crippen molar-refractivity contribution in [2.75, 3.05) is 32.5 Å². The number of ether oxygens (including phenoxy) is 1. The largest absolute Gasteiger partial charge is 0.488 e. The molecule has 1 unspecified atom stereocenters. The Morgan fingerprint density at radius 3 is 2.70 bits per heavy atom. The number of nitrogens with zero attached hydrogens (tertiary/aromatic N) is 5. The van der Waals surface area contributed by atoms with E-state index in [2.05, 4.69) is 56.6 Å². The van der Waals surface area contributed by atoms with E-state index in [1.165, 1.54) is 6.08 Å². The molecule has 2 aromatic heterocycles. The molecule has 1 saturated carbocycles. The average Bonchev–Trinajstić information content (AvgIpc) is 3.16. The second-order valence-corrected chi connectivity index (χ2v) is 13.7. The first-order valence-corrected chi connectivity index (χ1v) is 16.0. The molecule has 0 radical (unpaired) electrons. The Morgan fingerprint density at radius 1 is 1.23 bits per heavy atom. The van der Waals surface area contributed by atoms with Crippen molar-refractivity contribution in [3.05, 3.63) is 59.4 Å². The van der Waals surface area contributed by atoms with Crippen LogP contribution < -0.4 is 10.1 Å². The summed E-state index contributed by atoms with van der Waals surface area (Å²) in [7, 11) is 4.30. The molecule has 44 heavy (non-hydrogen) atoms. The van der Waals surface area contributed by atoms with Gasteiger partial charge in [-0.15, -0.1) is 0 Å². The quantitative estimate of drug-likeness (QED) is 0.302. The number of benzene rings is 1. The van der Waals surface area contributed by atoms with Crippen LogP contribution in [0.3, 0.4) is 0 Å². The lowest BCUT2D eigenvalue weighted by Crippen LogP contribution is -2.51. The smallest absolute Gasteiger partial charge is 0.258 e. The summed E-state index contributed by atoms with van der Waals surface area (Å²) in [5.74, 6) is 0.926. The van der Waals surface area contributed by atoms with Crippen molar-refractivity contribution < 1.29 is 14.3 Å². The van der Waals surface area contributed by atoms with Crippen LogP contribution in [-0.2, 0) is 4.79 Å². The minimum atomic E-state index is -0.291. The monoisotopic (exact) mass is 620 g/mol. The van der Waals surface area contributed by atoms with Gasteiger partial charge in [-0.05, 0) is 94.8 Å². The molecule has 3 aromatic rings. The van der Waals surface area contributed by atoms with E-state index in [1.807, 2.05) is 28.5 Å². The first-order chi connectivity index (χ1) is 20.9. The SMILES string of the molecule is C=CC(=O)N1CCCC[C@@H](n2c(NC(=O)c3ccnc(C)c3)nc3ccc(O[C@@H]4CC(C)(C)[C@@H](N(C)C)CC4C)c(Cl)c32)C1. The first-order valence-electron chi connectivity index (χ1n) is 15.6. The standard InChI is InChI=1S/C34H45ClN6O3/c1-8-29(42)40-16-10-9-11-24(20-40)41-31-25(37-33(41)38-32(43)23-14-15-36-22(3)18-23)12-13-26(30(31)35)44-27-19-34(4,5)28(39(6)7)17-21(27)2/h8,12-15,18,21,24,27-28H,1,9-11,16-17,19-20H2,2-7H3,(H,37,38,43)/t21?,24-,27-,28+/m1/s1. The summed E-state index contributed by atoms with van der Waals surface area (Å²) < 4.78 is 8.72. The number of likely N-dealkylation sites (tertiary alicyclic amines) is 1. The van der Waals surface area contributed by atoms with E-state index in [1.54, 1.807) is 18.3 Å². The number of nitrogens with one attached hydrogen (secondary N) is 1. The van der Waals surface area contributed by atoms with Crippen LogP contribution in [0.15, 0.2) is 43.1 Å². The maximum Gasteiger partial charge on any atom is 0.258 e. The van der Waals surface area contributed by atoms with Crippen molar-refractivity contribution in [3.8, 4) is 5.75 Å². The van der Waals surface area contributed by atoms with Crippen molar-refractivity contribution in [2.24, 2.45) is 11.3 Å². The van der Waals surface area contributed by atoms with Gasteiger partial charge in [-0.2, -0.15) is 0 Å². The van der Waals surface area contributed by atoms with Crippen molar-refractivity contribution in [3.63, 3.8) is 0 Å². The number of fused-ring (bicyclic) bond motifs is 1. The maximum absolute atomic E-state index is 13.4. The van der Waals surface area contributed by atoms with Gasteiger partial charge < -0.3 is 19.1 Å². The summed E-state index contributed by atoms with van der Waals surface area (Å²) in [6.45, 7) is 13.5.